The first kappa shape index (κ1) is 13.5. The van der Waals surface area contributed by atoms with E-state index in [-0.39, 0.29) is 25.0 Å². The summed E-state index contributed by atoms with van der Waals surface area (Å²) in [5.41, 5.74) is -0.973. The highest BCUT2D eigenvalue weighted by Crippen LogP contribution is 2.23. The standard InChI is InChI=1S/C12H23NO3/c1-12(15,9-16-2)8-13-11(14)10-6-4-3-5-7-10/h10,15H,3-9H2,1-2H3,(H,13,14). The molecule has 0 saturated heterocycles. The van der Waals surface area contributed by atoms with Crippen molar-refractivity contribution in [2.45, 2.75) is 44.6 Å². The number of hydrogen-bond donors (Lipinski definition) is 2. The van der Waals surface area contributed by atoms with Crippen LogP contribution in [-0.4, -0.2) is 36.9 Å². The number of nitrogens with one attached hydrogen (secondary N) is 1. The number of ether oxygens (including phenoxy) is 1. The fourth-order valence-electron chi connectivity index (χ4n) is 2.15. The lowest BCUT2D eigenvalue weighted by atomic mass is 9.88. The first-order valence-electron chi connectivity index (χ1n) is 6.04. The van der Waals surface area contributed by atoms with Crippen LogP contribution in [0, 0.1) is 5.92 Å². The summed E-state index contributed by atoms with van der Waals surface area (Å²) in [7, 11) is 1.54. The molecule has 0 heterocycles. The number of carbonyl (C=O) groups is 1. The molecule has 0 aliphatic heterocycles. The van der Waals surface area contributed by atoms with Crippen LogP contribution in [0.3, 0.4) is 0 Å². The quantitative estimate of drug-likeness (QED) is 0.741. The lowest BCUT2D eigenvalue weighted by Crippen LogP contribution is -2.45. The molecule has 16 heavy (non-hydrogen) atoms. The molecule has 0 radical (unpaired) electrons. The van der Waals surface area contributed by atoms with Gasteiger partial charge in [0.2, 0.25) is 5.91 Å². The molecule has 1 atom stereocenters. The second-order valence-electron chi connectivity index (χ2n) is 4.98. The van der Waals surface area contributed by atoms with E-state index in [0.29, 0.717) is 0 Å². The Bertz CT molecular complexity index is 222. The molecule has 2 N–H and O–H groups in total. The summed E-state index contributed by atoms with van der Waals surface area (Å²) in [6.45, 7) is 2.16. The second kappa shape index (κ2) is 6.21. The Kier molecular flexibility index (Phi) is 5.22. The van der Waals surface area contributed by atoms with Gasteiger partial charge in [-0.15, -0.1) is 0 Å². The monoisotopic (exact) mass is 229 g/mol. The summed E-state index contributed by atoms with van der Waals surface area (Å²) in [5, 5.41) is 12.6. The third-order valence-corrected chi connectivity index (χ3v) is 3.07. The zero-order chi connectivity index (χ0) is 12.0. The Hall–Kier alpha value is -0.610. The van der Waals surface area contributed by atoms with Gasteiger partial charge < -0.3 is 15.2 Å². The molecule has 1 saturated carbocycles. The molecule has 1 rings (SSSR count). The topological polar surface area (TPSA) is 58.6 Å². The van der Waals surface area contributed by atoms with Crippen molar-refractivity contribution in [1.82, 2.24) is 5.32 Å². The van der Waals surface area contributed by atoms with Crippen molar-refractivity contribution in [1.29, 1.82) is 0 Å². The van der Waals surface area contributed by atoms with E-state index < -0.39 is 5.60 Å². The average Bonchev–Trinajstić information content (AvgIpc) is 2.27. The van der Waals surface area contributed by atoms with E-state index >= 15 is 0 Å². The van der Waals surface area contributed by atoms with Crippen LogP contribution < -0.4 is 5.32 Å². The Morgan fingerprint density at radius 3 is 2.62 bits per heavy atom. The number of rotatable bonds is 5. The number of amides is 1. The second-order valence-corrected chi connectivity index (χ2v) is 4.98. The smallest absolute Gasteiger partial charge is 0.223 e. The van der Waals surface area contributed by atoms with Gasteiger partial charge in [-0.25, -0.2) is 0 Å². The van der Waals surface area contributed by atoms with Crippen LogP contribution in [0.1, 0.15) is 39.0 Å². The van der Waals surface area contributed by atoms with E-state index in [1.165, 1.54) is 13.5 Å². The first-order chi connectivity index (χ1) is 7.55. The van der Waals surface area contributed by atoms with E-state index in [4.69, 9.17) is 4.74 Å². The van der Waals surface area contributed by atoms with Crippen molar-refractivity contribution in [3.63, 3.8) is 0 Å². The largest absolute Gasteiger partial charge is 0.386 e. The predicted octanol–water partition coefficient (Wildman–Crippen LogP) is 1.08. The van der Waals surface area contributed by atoms with Crippen molar-refractivity contribution in [2.75, 3.05) is 20.3 Å². The Morgan fingerprint density at radius 1 is 1.44 bits per heavy atom. The normalized spacial score (nSPS) is 21.4. The minimum atomic E-state index is -0.973. The van der Waals surface area contributed by atoms with Crippen molar-refractivity contribution in [2.24, 2.45) is 5.92 Å². The molecular formula is C12H23NO3. The molecule has 0 spiro atoms. The van der Waals surface area contributed by atoms with Crippen LogP contribution in [0.2, 0.25) is 0 Å². The lowest BCUT2D eigenvalue weighted by Gasteiger charge is -2.25. The van der Waals surface area contributed by atoms with E-state index in [9.17, 15) is 9.90 Å². The number of carbonyl (C=O) groups excluding carboxylic acids is 1. The Labute approximate surface area is 97.4 Å². The molecule has 0 aromatic carbocycles. The third-order valence-electron chi connectivity index (χ3n) is 3.07. The lowest BCUT2D eigenvalue weighted by molar-refractivity contribution is -0.127. The van der Waals surface area contributed by atoms with Gasteiger partial charge in [-0.2, -0.15) is 0 Å². The highest BCUT2D eigenvalue weighted by atomic mass is 16.5. The molecule has 0 bridgehead atoms. The minimum Gasteiger partial charge on any atom is -0.386 e. The van der Waals surface area contributed by atoms with Gasteiger partial charge in [0.05, 0.1) is 6.61 Å². The highest BCUT2D eigenvalue weighted by molar-refractivity contribution is 5.78. The van der Waals surface area contributed by atoms with Gasteiger partial charge >= 0.3 is 0 Å². The number of aliphatic hydroxyl groups is 1. The molecule has 1 aliphatic carbocycles. The molecule has 1 aliphatic rings. The molecule has 0 aromatic rings. The van der Waals surface area contributed by atoms with Crippen molar-refractivity contribution in [3.8, 4) is 0 Å². The molecule has 4 heteroatoms. The van der Waals surface area contributed by atoms with Crippen LogP contribution in [0.25, 0.3) is 0 Å². The van der Waals surface area contributed by atoms with Crippen molar-refractivity contribution in [3.05, 3.63) is 0 Å². The van der Waals surface area contributed by atoms with Crippen molar-refractivity contribution >= 4 is 5.91 Å². The fourth-order valence-corrected chi connectivity index (χ4v) is 2.15. The van der Waals surface area contributed by atoms with Gasteiger partial charge in [0.15, 0.2) is 0 Å². The van der Waals surface area contributed by atoms with Gasteiger partial charge in [-0.05, 0) is 19.8 Å². The molecule has 1 unspecified atom stereocenters. The SMILES string of the molecule is COCC(C)(O)CNC(=O)C1CCCCC1. The van der Waals surface area contributed by atoms with Crippen LogP contribution in [-0.2, 0) is 9.53 Å². The van der Waals surface area contributed by atoms with E-state index in [0.717, 1.165) is 25.7 Å². The fraction of sp³-hybridized carbons (Fsp3) is 0.917. The molecular weight excluding hydrogens is 206 g/mol. The van der Waals surface area contributed by atoms with Crippen LogP contribution in [0.5, 0.6) is 0 Å². The maximum Gasteiger partial charge on any atom is 0.223 e. The minimum absolute atomic E-state index is 0.0797. The first-order valence-corrected chi connectivity index (χ1v) is 6.04. The molecule has 1 fully saturated rings. The van der Waals surface area contributed by atoms with Gasteiger partial charge in [0.1, 0.15) is 5.60 Å². The zero-order valence-corrected chi connectivity index (χ0v) is 10.3. The van der Waals surface area contributed by atoms with E-state index in [1.54, 1.807) is 6.92 Å². The molecule has 0 aromatic heterocycles. The molecule has 94 valence electrons. The zero-order valence-electron chi connectivity index (χ0n) is 10.3. The number of methoxy groups -OCH3 is 1. The maximum absolute atomic E-state index is 11.8. The Morgan fingerprint density at radius 2 is 2.06 bits per heavy atom. The summed E-state index contributed by atoms with van der Waals surface area (Å²) in [6, 6.07) is 0. The summed E-state index contributed by atoms with van der Waals surface area (Å²) in [4.78, 5) is 11.8. The predicted molar refractivity (Wildman–Crippen MR) is 62.1 cm³/mol. The van der Waals surface area contributed by atoms with Crippen LogP contribution >= 0.6 is 0 Å². The van der Waals surface area contributed by atoms with Gasteiger partial charge in [0, 0.05) is 19.6 Å². The Balaban J connectivity index is 2.28. The van der Waals surface area contributed by atoms with Crippen LogP contribution in [0.15, 0.2) is 0 Å². The molecule has 4 nitrogen and oxygen atoms in total. The average molecular weight is 229 g/mol. The van der Waals surface area contributed by atoms with Gasteiger partial charge in [0.25, 0.3) is 0 Å². The van der Waals surface area contributed by atoms with Gasteiger partial charge in [-0.1, -0.05) is 19.3 Å². The summed E-state index contributed by atoms with van der Waals surface area (Å²) in [6.07, 6.45) is 5.50. The van der Waals surface area contributed by atoms with E-state index in [1.807, 2.05) is 0 Å². The van der Waals surface area contributed by atoms with Crippen molar-refractivity contribution < 1.29 is 14.6 Å². The molecule has 1 amide bonds. The third kappa shape index (κ3) is 4.49. The summed E-state index contributed by atoms with van der Waals surface area (Å²) in [5.74, 6) is 0.225. The summed E-state index contributed by atoms with van der Waals surface area (Å²) >= 11 is 0. The van der Waals surface area contributed by atoms with Crippen LogP contribution in [0.4, 0.5) is 0 Å². The van der Waals surface area contributed by atoms with Gasteiger partial charge in [-0.3, -0.25) is 4.79 Å². The highest BCUT2D eigenvalue weighted by Gasteiger charge is 2.25. The van der Waals surface area contributed by atoms with E-state index in [2.05, 4.69) is 5.32 Å². The maximum atomic E-state index is 11.8. The summed E-state index contributed by atoms with van der Waals surface area (Å²) < 4.78 is 4.88. The number of hydrogen-bond acceptors (Lipinski definition) is 3.